The summed E-state index contributed by atoms with van der Waals surface area (Å²) in [6.45, 7) is 2.07. The monoisotopic (exact) mass is 243 g/mol. The molecule has 0 aliphatic heterocycles. The van der Waals surface area contributed by atoms with Crippen LogP contribution in [0.2, 0.25) is 0 Å². The Kier molecular flexibility index (Phi) is 3.48. The molecule has 1 aromatic carbocycles. The van der Waals surface area contributed by atoms with E-state index in [-0.39, 0.29) is 5.91 Å². The minimum atomic E-state index is -0.271. The molecule has 1 amide bonds. The molecule has 94 valence electrons. The maximum Gasteiger partial charge on any atom is 0.281 e. The van der Waals surface area contributed by atoms with E-state index in [2.05, 4.69) is 36.6 Å². The first-order valence-electron chi connectivity index (χ1n) is 5.83. The third-order valence-corrected chi connectivity index (χ3v) is 3.10. The SMILES string of the molecule is Cc1ccc(Cc2ccc(C(=O)NN)n2C)cc1. The molecule has 0 aliphatic carbocycles. The standard InChI is InChI=1S/C14H17N3O/c1-10-3-5-11(6-4-10)9-12-7-8-13(17(12)2)14(18)16-15/h3-8H,9,15H2,1-2H3,(H,16,18). The Morgan fingerprint density at radius 1 is 1.22 bits per heavy atom. The molecule has 2 aromatic rings. The van der Waals surface area contributed by atoms with Gasteiger partial charge in [0.2, 0.25) is 0 Å². The Morgan fingerprint density at radius 3 is 2.50 bits per heavy atom. The molecule has 0 atom stereocenters. The largest absolute Gasteiger partial charge is 0.343 e. The number of benzene rings is 1. The van der Waals surface area contributed by atoms with E-state index in [0.29, 0.717) is 5.69 Å². The molecule has 4 heteroatoms. The fraction of sp³-hybridized carbons (Fsp3) is 0.214. The molecule has 0 spiro atoms. The van der Waals surface area contributed by atoms with Gasteiger partial charge in [-0.2, -0.15) is 0 Å². The molecule has 2 rings (SSSR count). The summed E-state index contributed by atoms with van der Waals surface area (Å²) in [5.41, 5.74) is 6.26. The highest BCUT2D eigenvalue weighted by Gasteiger charge is 2.11. The molecule has 18 heavy (non-hydrogen) atoms. The van der Waals surface area contributed by atoms with Gasteiger partial charge in [0.15, 0.2) is 0 Å². The van der Waals surface area contributed by atoms with Gasteiger partial charge in [0.05, 0.1) is 0 Å². The number of aromatic nitrogens is 1. The Balaban J connectivity index is 2.22. The second-order valence-electron chi connectivity index (χ2n) is 4.40. The number of nitrogens with two attached hydrogens (primary N) is 1. The number of carbonyl (C=O) groups excluding carboxylic acids is 1. The minimum Gasteiger partial charge on any atom is -0.343 e. The zero-order valence-electron chi connectivity index (χ0n) is 10.6. The number of amides is 1. The Labute approximate surface area is 106 Å². The smallest absolute Gasteiger partial charge is 0.281 e. The zero-order chi connectivity index (χ0) is 13.1. The average Bonchev–Trinajstić information content (AvgIpc) is 2.73. The number of nitrogens with one attached hydrogen (secondary N) is 1. The van der Waals surface area contributed by atoms with Gasteiger partial charge in [0.25, 0.3) is 5.91 Å². The fourth-order valence-electron chi connectivity index (χ4n) is 1.95. The third kappa shape index (κ3) is 2.43. The summed E-state index contributed by atoms with van der Waals surface area (Å²) in [6.07, 6.45) is 0.800. The van der Waals surface area contributed by atoms with Crippen LogP contribution in [0.4, 0.5) is 0 Å². The lowest BCUT2D eigenvalue weighted by Crippen LogP contribution is -2.31. The van der Waals surface area contributed by atoms with Crippen molar-refractivity contribution in [3.05, 3.63) is 58.9 Å². The van der Waals surface area contributed by atoms with Crippen LogP contribution < -0.4 is 11.3 Å². The Hall–Kier alpha value is -2.07. The van der Waals surface area contributed by atoms with Crippen LogP contribution in [0.15, 0.2) is 36.4 Å². The van der Waals surface area contributed by atoms with E-state index in [1.807, 2.05) is 17.7 Å². The van der Waals surface area contributed by atoms with E-state index in [4.69, 9.17) is 5.84 Å². The second kappa shape index (κ2) is 5.06. The van der Waals surface area contributed by atoms with E-state index in [0.717, 1.165) is 12.1 Å². The van der Waals surface area contributed by atoms with Crippen molar-refractivity contribution < 1.29 is 4.79 Å². The molecule has 3 N–H and O–H groups in total. The fourth-order valence-corrected chi connectivity index (χ4v) is 1.95. The first kappa shape index (κ1) is 12.4. The maximum absolute atomic E-state index is 11.5. The number of carbonyl (C=O) groups is 1. The van der Waals surface area contributed by atoms with Crippen LogP contribution in [0.1, 0.15) is 27.3 Å². The summed E-state index contributed by atoms with van der Waals surface area (Å²) < 4.78 is 1.86. The van der Waals surface area contributed by atoms with Crippen molar-refractivity contribution in [1.82, 2.24) is 9.99 Å². The maximum atomic E-state index is 11.5. The highest BCUT2D eigenvalue weighted by molar-refractivity contribution is 5.92. The number of hydrogen-bond donors (Lipinski definition) is 2. The zero-order valence-corrected chi connectivity index (χ0v) is 10.6. The summed E-state index contributed by atoms with van der Waals surface area (Å²) >= 11 is 0. The molecule has 0 saturated heterocycles. The lowest BCUT2D eigenvalue weighted by molar-refractivity contribution is 0.0945. The molecule has 1 aromatic heterocycles. The molecule has 0 aliphatic rings. The van der Waals surface area contributed by atoms with Crippen molar-refractivity contribution in [2.45, 2.75) is 13.3 Å². The Morgan fingerprint density at radius 2 is 1.89 bits per heavy atom. The molecule has 1 heterocycles. The van der Waals surface area contributed by atoms with Gasteiger partial charge in [0.1, 0.15) is 5.69 Å². The molecular weight excluding hydrogens is 226 g/mol. The lowest BCUT2D eigenvalue weighted by atomic mass is 10.1. The summed E-state index contributed by atoms with van der Waals surface area (Å²) in [5, 5.41) is 0. The van der Waals surface area contributed by atoms with Crippen molar-refractivity contribution in [3.8, 4) is 0 Å². The van der Waals surface area contributed by atoms with Crippen LogP contribution in [0.3, 0.4) is 0 Å². The van der Waals surface area contributed by atoms with Gasteiger partial charge in [-0.1, -0.05) is 29.8 Å². The number of hydrogen-bond acceptors (Lipinski definition) is 2. The van der Waals surface area contributed by atoms with Gasteiger partial charge in [-0.05, 0) is 24.6 Å². The van der Waals surface area contributed by atoms with Crippen molar-refractivity contribution in [3.63, 3.8) is 0 Å². The minimum absolute atomic E-state index is 0.271. The predicted molar refractivity (Wildman–Crippen MR) is 71.1 cm³/mol. The van der Waals surface area contributed by atoms with Crippen LogP contribution in [0.5, 0.6) is 0 Å². The van der Waals surface area contributed by atoms with Gasteiger partial charge in [-0.25, -0.2) is 5.84 Å². The summed E-state index contributed by atoms with van der Waals surface area (Å²) in [4.78, 5) is 11.5. The quantitative estimate of drug-likeness (QED) is 0.488. The van der Waals surface area contributed by atoms with Gasteiger partial charge in [0, 0.05) is 19.2 Å². The number of nitrogens with zero attached hydrogens (tertiary/aromatic N) is 1. The van der Waals surface area contributed by atoms with Crippen LogP contribution >= 0.6 is 0 Å². The van der Waals surface area contributed by atoms with Gasteiger partial charge in [-0.3, -0.25) is 10.2 Å². The average molecular weight is 243 g/mol. The second-order valence-corrected chi connectivity index (χ2v) is 4.40. The first-order chi connectivity index (χ1) is 8.61. The molecule has 0 unspecified atom stereocenters. The molecule has 0 saturated carbocycles. The van der Waals surface area contributed by atoms with Crippen LogP contribution in [-0.4, -0.2) is 10.5 Å². The van der Waals surface area contributed by atoms with Crippen molar-refractivity contribution >= 4 is 5.91 Å². The lowest BCUT2D eigenvalue weighted by Gasteiger charge is -2.07. The number of nitrogen functional groups attached to an aromatic ring is 1. The Bertz CT molecular complexity index is 555. The molecule has 0 fully saturated rings. The molecule has 4 nitrogen and oxygen atoms in total. The van der Waals surface area contributed by atoms with Crippen LogP contribution in [0, 0.1) is 6.92 Å². The molecule has 0 bridgehead atoms. The van der Waals surface area contributed by atoms with Crippen molar-refractivity contribution in [2.75, 3.05) is 0 Å². The third-order valence-electron chi connectivity index (χ3n) is 3.10. The molecular formula is C14H17N3O. The number of aryl methyl sites for hydroxylation is 1. The summed E-state index contributed by atoms with van der Waals surface area (Å²) in [6, 6.07) is 12.1. The van der Waals surface area contributed by atoms with Crippen molar-refractivity contribution in [1.29, 1.82) is 0 Å². The van der Waals surface area contributed by atoms with E-state index in [1.165, 1.54) is 11.1 Å². The number of hydrazine groups is 1. The first-order valence-corrected chi connectivity index (χ1v) is 5.83. The van der Waals surface area contributed by atoms with Crippen LogP contribution in [-0.2, 0) is 13.5 Å². The van der Waals surface area contributed by atoms with Crippen molar-refractivity contribution in [2.24, 2.45) is 12.9 Å². The van der Waals surface area contributed by atoms with E-state index in [1.54, 1.807) is 6.07 Å². The summed E-state index contributed by atoms with van der Waals surface area (Å²) in [5.74, 6) is 4.87. The normalized spacial score (nSPS) is 10.4. The highest BCUT2D eigenvalue weighted by atomic mass is 16.2. The topological polar surface area (TPSA) is 60.1 Å². The van der Waals surface area contributed by atoms with E-state index >= 15 is 0 Å². The van der Waals surface area contributed by atoms with E-state index < -0.39 is 0 Å². The van der Waals surface area contributed by atoms with Gasteiger partial charge >= 0.3 is 0 Å². The highest BCUT2D eigenvalue weighted by Crippen LogP contribution is 2.13. The van der Waals surface area contributed by atoms with E-state index in [9.17, 15) is 4.79 Å². The van der Waals surface area contributed by atoms with Gasteiger partial charge in [-0.15, -0.1) is 0 Å². The summed E-state index contributed by atoms with van der Waals surface area (Å²) in [7, 11) is 1.87. The molecule has 0 radical (unpaired) electrons. The van der Waals surface area contributed by atoms with Crippen LogP contribution in [0.25, 0.3) is 0 Å². The number of rotatable bonds is 3. The predicted octanol–water partition coefficient (Wildman–Crippen LogP) is 1.53. The van der Waals surface area contributed by atoms with Gasteiger partial charge < -0.3 is 4.57 Å².